The Morgan fingerprint density at radius 3 is 2.71 bits per heavy atom. The predicted octanol–water partition coefficient (Wildman–Crippen LogP) is 1.47. The van der Waals surface area contributed by atoms with Crippen molar-refractivity contribution >= 4 is 29.9 Å². The third-order valence-corrected chi connectivity index (χ3v) is 2.18. The average Bonchev–Trinajstić information content (AvgIpc) is 2.81. The van der Waals surface area contributed by atoms with Gasteiger partial charge < -0.3 is 10.6 Å². The molecule has 0 unspecified atom stereocenters. The van der Waals surface area contributed by atoms with Crippen molar-refractivity contribution in [1.82, 2.24) is 20.4 Å². The Morgan fingerprint density at radius 1 is 1.35 bits per heavy atom. The van der Waals surface area contributed by atoms with Crippen molar-refractivity contribution in [2.75, 3.05) is 20.1 Å². The summed E-state index contributed by atoms with van der Waals surface area (Å²) in [6.45, 7) is 4.94. The number of hydrogen-bond acceptors (Lipinski definition) is 2. The van der Waals surface area contributed by atoms with Gasteiger partial charge in [-0.25, -0.2) is 0 Å². The molecular weight excluding hydrogens is 329 g/mol. The van der Waals surface area contributed by atoms with E-state index in [1.807, 2.05) is 16.9 Å². The molecule has 1 aromatic heterocycles. The van der Waals surface area contributed by atoms with Gasteiger partial charge in [-0.2, -0.15) is 5.10 Å². The Morgan fingerprint density at radius 2 is 2.12 bits per heavy atom. The number of aromatic nitrogens is 2. The first-order valence-corrected chi connectivity index (χ1v) is 5.78. The zero-order chi connectivity index (χ0) is 11.6. The maximum Gasteiger partial charge on any atom is 0.190 e. The minimum absolute atomic E-state index is 0. The molecule has 2 N–H and O–H groups in total. The van der Waals surface area contributed by atoms with Crippen molar-refractivity contribution in [3.8, 4) is 0 Å². The van der Waals surface area contributed by atoms with Gasteiger partial charge in [-0.05, 0) is 18.9 Å². The van der Waals surface area contributed by atoms with E-state index in [0.717, 1.165) is 38.4 Å². The molecule has 1 rings (SSSR count). The van der Waals surface area contributed by atoms with E-state index in [1.165, 1.54) is 0 Å². The minimum Gasteiger partial charge on any atom is -0.356 e. The number of hydrogen-bond donors (Lipinski definition) is 2. The summed E-state index contributed by atoms with van der Waals surface area (Å²) >= 11 is 0. The lowest BCUT2D eigenvalue weighted by Gasteiger charge is -2.10. The molecule has 0 spiro atoms. The lowest BCUT2D eigenvalue weighted by atomic mass is 10.4. The molecule has 0 aliphatic rings. The van der Waals surface area contributed by atoms with Crippen LogP contribution in [0, 0.1) is 0 Å². The number of aliphatic imine (C=N–C) groups is 1. The summed E-state index contributed by atoms with van der Waals surface area (Å²) < 4.78 is 1.93. The second-order valence-electron chi connectivity index (χ2n) is 3.55. The maximum atomic E-state index is 4.15. The van der Waals surface area contributed by atoms with Crippen molar-refractivity contribution < 1.29 is 0 Å². The first-order valence-electron chi connectivity index (χ1n) is 5.78. The molecule has 5 nitrogen and oxygen atoms in total. The summed E-state index contributed by atoms with van der Waals surface area (Å²) in [6, 6.07) is 1.94. The highest BCUT2D eigenvalue weighted by Crippen LogP contribution is 1.87. The monoisotopic (exact) mass is 351 g/mol. The average molecular weight is 351 g/mol. The first-order chi connectivity index (χ1) is 7.86. The number of rotatable bonds is 6. The normalized spacial score (nSPS) is 10.8. The van der Waals surface area contributed by atoms with Crippen molar-refractivity contribution in [2.45, 2.75) is 26.3 Å². The van der Waals surface area contributed by atoms with Crippen LogP contribution in [0.25, 0.3) is 0 Å². The largest absolute Gasteiger partial charge is 0.356 e. The molecule has 0 atom stereocenters. The molecule has 0 bridgehead atoms. The van der Waals surface area contributed by atoms with E-state index >= 15 is 0 Å². The van der Waals surface area contributed by atoms with Gasteiger partial charge in [0, 0.05) is 39.1 Å². The van der Waals surface area contributed by atoms with Crippen LogP contribution >= 0.6 is 24.0 Å². The summed E-state index contributed by atoms with van der Waals surface area (Å²) in [5, 5.41) is 10.6. The molecule has 0 amide bonds. The van der Waals surface area contributed by atoms with Crippen LogP contribution in [-0.4, -0.2) is 35.9 Å². The van der Waals surface area contributed by atoms with Gasteiger partial charge in [-0.1, -0.05) is 6.92 Å². The Kier molecular flexibility index (Phi) is 9.89. The molecule has 0 saturated carbocycles. The van der Waals surface area contributed by atoms with Crippen LogP contribution in [0.4, 0.5) is 0 Å². The first kappa shape index (κ1) is 16.2. The Balaban J connectivity index is 0.00000256. The summed E-state index contributed by atoms with van der Waals surface area (Å²) in [4.78, 5) is 4.13. The number of nitrogens with zero attached hydrogens (tertiary/aromatic N) is 3. The second-order valence-corrected chi connectivity index (χ2v) is 3.55. The topological polar surface area (TPSA) is 54.2 Å². The van der Waals surface area contributed by atoms with Crippen LogP contribution in [0.1, 0.15) is 19.8 Å². The van der Waals surface area contributed by atoms with Crippen molar-refractivity contribution in [1.29, 1.82) is 0 Å². The molecule has 0 fully saturated rings. The van der Waals surface area contributed by atoms with Crippen molar-refractivity contribution in [3.05, 3.63) is 18.5 Å². The fourth-order valence-electron chi connectivity index (χ4n) is 1.34. The predicted molar refractivity (Wildman–Crippen MR) is 81.9 cm³/mol. The minimum atomic E-state index is 0. The highest BCUT2D eigenvalue weighted by Gasteiger charge is 1.95. The van der Waals surface area contributed by atoms with Gasteiger partial charge in [0.25, 0.3) is 0 Å². The fourth-order valence-corrected chi connectivity index (χ4v) is 1.34. The Hall–Kier alpha value is -0.790. The van der Waals surface area contributed by atoms with E-state index in [4.69, 9.17) is 0 Å². The standard InChI is InChI=1S/C11H21N5.HI/c1-3-6-13-11(12-2)14-7-4-9-16-10-5-8-15-16;/h5,8,10H,3-4,6-7,9H2,1-2H3,(H2,12,13,14);1H. The van der Waals surface area contributed by atoms with Crippen LogP contribution in [0.5, 0.6) is 0 Å². The van der Waals surface area contributed by atoms with Crippen LogP contribution in [0.2, 0.25) is 0 Å². The van der Waals surface area contributed by atoms with E-state index < -0.39 is 0 Å². The van der Waals surface area contributed by atoms with Crippen molar-refractivity contribution in [3.63, 3.8) is 0 Å². The van der Waals surface area contributed by atoms with Gasteiger partial charge in [0.15, 0.2) is 5.96 Å². The number of aryl methyl sites for hydroxylation is 1. The third kappa shape index (κ3) is 7.19. The summed E-state index contributed by atoms with van der Waals surface area (Å²) in [6.07, 6.45) is 5.92. The van der Waals surface area contributed by atoms with Gasteiger partial charge in [-0.15, -0.1) is 24.0 Å². The summed E-state index contributed by atoms with van der Waals surface area (Å²) in [5.74, 6) is 0.877. The van der Waals surface area contributed by atoms with Gasteiger partial charge in [0.05, 0.1) is 0 Å². The molecule has 17 heavy (non-hydrogen) atoms. The van der Waals surface area contributed by atoms with E-state index in [1.54, 1.807) is 13.2 Å². The maximum absolute atomic E-state index is 4.15. The molecule has 0 saturated heterocycles. The molecule has 0 aromatic carbocycles. The van der Waals surface area contributed by atoms with Crippen molar-refractivity contribution in [2.24, 2.45) is 4.99 Å². The molecule has 98 valence electrons. The van der Waals surface area contributed by atoms with Crippen LogP contribution < -0.4 is 10.6 Å². The van der Waals surface area contributed by atoms with E-state index in [0.29, 0.717) is 0 Å². The molecular formula is C11H22IN5. The quantitative estimate of drug-likeness (QED) is 0.353. The van der Waals surface area contributed by atoms with Gasteiger partial charge in [-0.3, -0.25) is 9.67 Å². The van der Waals surface area contributed by atoms with Crippen LogP contribution in [-0.2, 0) is 6.54 Å². The summed E-state index contributed by atoms with van der Waals surface area (Å²) in [5.41, 5.74) is 0. The highest BCUT2D eigenvalue weighted by atomic mass is 127. The zero-order valence-corrected chi connectivity index (χ0v) is 12.8. The van der Waals surface area contributed by atoms with Crippen LogP contribution in [0.3, 0.4) is 0 Å². The van der Waals surface area contributed by atoms with E-state index in [2.05, 4.69) is 27.6 Å². The zero-order valence-electron chi connectivity index (χ0n) is 10.5. The summed E-state index contributed by atoms with van der Waals surface area (Å²) in [7, 11) is 1.79. The molecule has 6 heteroatoms. The Labute approximate surface area is 120 Å². The molecule has 0 radical (unpaired) electrons. The second kappa shape index (κ2) is 10.4. The van der Waals surface area contributed by atoms with Gasteiger partial charge >= 0.3 is 0 Å². The lowest BCUT2D eigenvalue weighted by Crippen LogP contribution is -2.38. The van der Waals surface area contributed by atoms with Crippen LogP contribution in [0.15, 0.2) is 23.5 Å². The van der Waals surface area contributed by atoms with Gasteiger partial charge in [0.1, 0.15) is 0 Å². The Bertz CT molecular complexity index is 297. The third-order valence-electron chi connectivity index (χ3n) is 2.18. The molecule has 0 aliphatic heterocycles. The van der Waals surface area contributed by atoms with E-state index in [-0.39, 0.29) is 24.0 Å². The number of nitrogens with one attached hydrogen (secondary N) is 2. The molecule has 1 heterocycles. The number of guanidine groups is 1. The lowest BCUT2D eigenvalue weighted by molar-refractivity contribution is 0.570. The highest BCUT2D eigenvalue weighted by molar-refractivity contribution is 14.0. The van der Waals surface area contributed by atoms with E-state index in [9.17, 15) is 0 Å². The number of halogens is 1. The smallest absolute Gasteiger partial charge is 0.190 e. The molecule has 0 aliphatic carbocycles. The van der Waals surface area contributed by atoms with Gasteiger partial charge in [0.2, 0.25) is 0 Å². The SMILES string of the molecule is CCCNC(=NC)NCCCn1cccn1.I. The fraction of sp³-hybridized carbons (Fsp3) is 0.636. The molecule has 1 aromatic rings.